The summed E-state index contributed by atoms with van der Waals surface area (Å²) in [7, 11) is -4.17. The molecule has 0 unspecified atom stereocenters. The van der Waals surface area contributed by atoms with Gasteiger partial charge in [0.05, 0.1) is 0 Å². The number of nitrogens with one attached hydrogen (secondary N) is 2. The number of rotatable bonds is 5. The van der Waals surface area contributed by atoms with Gasteiger partial charge in [-0.25, -0.2) is 13.1 Å². The Morgan fingerprint density at radius 3 is 2.61 bits per heavy atom. The standard InChI is InChI=1S/C27H20BrClN2O3S2/c1-15-21(12-17-7-6-16-4-2-3-5-20(16)26(17)28)22-13-18(8-10-23(22)30-15)27(32)31-36(33,34)25-14-19(29)9-11-24(25)35/h2-11,13-14,30,35H,12H2,1H3,(H,31,32). The summed E-state index contributed by atoms with van der Waals surface area (Å²) < 4.78 is 28.9. The predicted molar refractivity (Wildman–Crippen MR) is 151 cm³/mol. The summed E-state index contributed by atoms with van der Waals surface area (Å²) in [5.41, 5.74) is 4.22. The van der Waals surface area contributed by atoms with Crippen LogP contribution in [0.4, 0.5) is 0 Å². The fraction of sp³-hybridized carbons (Fsp3) is 0.0741. The molecule has 0 saturated heterocycles. The van der Waals surface area contributed by atoms with Crippen LogP contribution in [0.15, 0.2) is 87.1 Å². The quantitative estimate of drug-likeness (QED) is 0.190. The molecule has 182 valence electrons. The molecule has 36 heavy (non-hydrogen) atoms. The SMILES string of the molecule is Cc1[nH]c2ccc(C(=O)NS(=O)(=O)c3cc(Cl)ccc3S)cc2c1Cc1ccc2ccccc2c1Br. The van der Waals surface area contributed by atoms with E-state index in [1.807, 2.05) is 19.1 Å². The maximum Gasteiger partial charge on any atom is 0.265 e. The molecule has 5 rings (SSSR count). The molecule has 1 aromatic heterocycles. The van der Waals surface area contributed by atoms with E-state index in [0.717, 1.165) is 43.0 Å². The molecule has 0 fully saturated rings. The van der Waals surface area contributed by atoms with Crippen molar-refractivity contribution in [1.29, 1.82) is 0 Å². The molecule has 0 saturated carbocycles. The number of hydrogen-bond acceptors (Lipinski definition) is 4. The Hall–Kier alpha value is -2.78. The van der Waals surface area contributed by atoms with Crippen LogP contribution < -0.4 is 4.72 Å². The number of thiol groups is 1. The van der Waals surface area contributed by atoms with Crippen molar-refractivity contribution in [3.8, 4) is 0 Å². The lowest BCUT2D eigenvalue weighted by Crippen LogP contribution is -2.30. The zero-order valence-electron chi connectivity index (χ0n) is 19.0. The Morgan fingerprint density at radius 2 is 1.81 bits per heavy atom. The highest BCUT2D eigenvalue weighted by atomic mass is 79.9. The number of fused-ring (bicyclic) bond motifs is 2. The van der Waals surface area contributed by atoms with Gasteiger partial charge in [-0.3, -0.25) is 4.79 Å². The Labute approximate surface area is 227 Å². The van der Waals surface area contributed by atoms with Gasteiger partial charge >= 0.3 is 0 Å². The van der Waals surface area contributed by atoms with Gasteiger partial charge < -0.3 is 4.98 Å². The Bertz CT molecular complexity index is 1780. The topological polar surface area (TPSA) is 79.0 Å². The summed E-state index contributed by atoms with van der Waals surface area (Å²) >= 11 is 13.9. The molecule has 1 amide bonds. The second-order valence-electron chi connectivity index (χ2n) is 8.47. The summed E-state index contributed by atoms with van der Waals surface area (Å²) in [6.45, 7) is 1.99. The number of aromatic nitrogens is 1. The molecule has 1 heterocycles. The Kier molecular flexibility index (Phi) is 6.63. The van der Waals surface area contributed by atoms with E-state index >= 15 is 0 Å². The average Bonchev–Trinajstić information content (AvgIpc) is 3.16. The van der Waals surface area contributed by atoms with Crippen molar-refractivity contribution in [2.75, 3.05) is 0 Å². The van der Waals surface area contributed by atoms with E-state index in [4.69, 9.17) is 11.6 Å². The number of sulfonamides is 1. The van der Waals surface area contributed by atoms with Crippen LogP contribution in [-0.2, 0) is 16.4 Å². The Morgan fingerprint density at radius 1 is 1.03 bits per heavy atom. The van der Waals surface area contributed by atoms with Gasteiger partial charge in [-0.15, -0.1) is 12.6 Å². The van der Waals surface area contributed by atoms with Crippen LogP contribution in [0.1, 0.15) is 27.2 Å². The first-order chi connectivity index (χ1) is 17.1. The van der Waals surface area contributed by atoms with Crippen LogP contribution in [-0.4, -0.2) is 19.3 Å². The zero-order chi connectivity index (χ0) is 25.6. The second kappa shape index (κ2) is 9.59. The number of aromatic amines is 1. The van der Waals surface area contributed by atoms with Gasteiger partial charge in [-0.05, 0) is 81.2 Å². The monoisotopic (exact) mass is 598 g/mol. The fourth-order valence-corrected chi connectivity index (χ4v) is 6.76. The first-order valence-corrected chi connectivity index (χ1v) is 14.1. The van der Waals surface area contributed by atoms with E-state index in [-0.39, 0.29) is 20.4 Å². The number of carbonyl (C=O) groups is 1. The van der Waals surface area contributed by atoms with Crippen molar-refractivity contribution in [2.45, 2.75) is 23.1 Å². The van der Waals surface area contributed by atoms with Crippen molar-refractivity contribution in [2.24, 2.45) is 0 Å². The number of aryl methyl sites for hydroxylation is 1. The minimum Gasteiger partial charge on any atom is -0.358 e. The van der Waals surface area contributed by atoms with Gasteiger partial charge in [0.1, 0.15) is 4.90 Å². The van der Waals surface area contributed by atoms with Gasteiger partial charge in [0.2, 0.25) is 0 Å². The third kappa shape index (κ3) is 4.66. The summed E-state index contributed by atoms with van der Waals surface area (Å²) in [4.78, 5) is 16.4. The number of amides is 1. The minimum atomic E-state index is -4.17. The summed E-state index contributed by atoms with van der Waals surface area (Å²) in [6.07, 6.45) is 0.631. The van der Waals surface area contributed by atoms with E-state index in [9.17, 15) is 13.2 Å². The van der Waals surface area contributed by atoms with E-state index in [1.54, 1.807) is 18.2 Å². The zero-order valence-corrected chi connectivity index (χ0v) is 23.0. The van der Waals surface area contributed by atoms with Crippen LogP contribution in [0, 0.1) is 6.92 Å². The molecule has 0 bridgehead atoms. The first kappa shape index (κ1) is 24.9. The minimum absolute atomic E-state index is 0.160. The van der Waals surface area contributed by atoms with Crippen LogP contribution >= 0.6 is 40.2 Å². The van der Waals surface area contributed by atoms with Crippen molar-refractivity contribution < 1.29 is 13.2 Å². The maximum absolute atomic E-state index is 13.0. The van der Waals surface area contributed by atoms with E-state index in [1.165, 1.54) is 18.2 Å². The van der Waals surface area contributed by atoms with Crippen molar-refractivity contribution in [3.63, 3.8) is 0 Å². The van der Waals surface area contributed by atoms with Gasteiger partial charge in [-0.1, -0.05) is 48.0 Å². The highest BCUT2D eigenvalue weighted by molar-refractivity contribution is 9.10. The molecule has 0 atom stereocenters. The number of H-pyrrole nitrogens is 1. The second-order valence-corrected chi connectivity index (χ2v) is 11.8. The van der Waals surface area contributed by atoms with Crippen LogP contribution in [0.5, 0.6) is 0 Å². The van der Waals surface area contributed by atoms with Crippen molar-refractivity contribution in [1.82, 2.24) is 9.71 Å². The predicted octanol–water partition coefficient (Wildman–Crippen LogP) is 7.04. The largest absolute Gasteiger partial charge is 0.358 e. The number of hydrogen-bond donors (Lipinski definition) is 3. The average molecular weight is 600 g/mol. The molecule has 9 heteroatoms. The van der Waals surface area contributed by atoms with Crippen LogP contribution in [0.2, 0.25) is 5.02 Å². The lowest BCUT2D eigenvalue weighted by atomic mass is 9.98. The lowest BCUT2D eigenvalue weighted by molar-refractivity contribution is 0.0981. The van der Waals surface area contributed by atoms with Crippen molar-refractivity contribution >= 4 is 77.8 Å². The van der Waals surface area contributed by atoms with Gasteiger partial charge in [0.15, 0.2) is 0 Å². The molecule has 2 N–H and O–H groups in total. The smallest absolute Gasteiger partial charge is 0.265 e. The third-order valence-electron chi connectivity index (χ3n) is 6.13. The first-order valence-electron chi connectivity index (χ1n) is 11.0. The molecular formula is C27H20BrClN2O3S2. The maximum atomic E-state index is 13.0. The number of benzene rings is 4. The van der Waals surface area contributed by atoms with E-state index in [0.29, 0.717) is 6.42 Å². The summed E-state index contributed by atoms with van der Waals surface area (Å²) in [5.74, 6) is -0.735. The molecule has 4 aromatic carbocycles. The summed E-state index contributed by atoms with van der Waals surface area (Å²) in [6, 6.07) is 21.7. The lowest BCUT2D eigenvalue weighted by Gasteiger charge is -2.10. The van der Waals surface area contributed by atoms with Crippen LogP contribution in [0.3, 0.4) is 0 Å². The molecule has 0 aliphatic heterocycles. The molecule has 5 aromatic rings. The molecule has 0 aliphatic carbocycles. The number of halogens is 2. The van der Waals surface area contributed by atoms with E-state index < -0.39 is 15.9 Å². The molecule has 0 spiro atoms. The normalized spacial score (nSPS) is 11.8. The summed E-state index contributed by atoms with van der Waals surface area (Å²) in [5, 5.41) is 3.36. The molecule has 0 aliphatic rings. The van der Waals surface area contributed by atoms with Gasteiger partial charge in [0, 0.05) is 43.0 Å². The van der Waals surface area contributed by atoms with E-state index in [2.05, 4.69) is 62.5 Å². The highest BCUT2D eigenvalue weighted by Crippen LogP contribution is 2.32. The number of carbonyl (C=O) groups excluding carboxylic acids is 1. The van der Waals surface area contributed by atoms with Gasteiger partial charge in [-0.2, -0.15) is 0 Å². The molecule has 5 nitrogen and oxygen atoms in total. The van der Waals surface area contributed by atoms with Gasteiger partial charge in [0.25, 0.3) is 15.9 Å². The molecular weight excluding hydrogens is 580 g/mol. The Balaban J connectivity index is 1.50. The highest BCUT2D eigenvalue weighted by Gasteiger charge is 2.22. The van der Waals surface area contributed by atoms with Crippen molar-refractivity contribution in [3.05, 3.63) is 105 Å². The third-order valence-corrected chi connectivity index (χ3v) is 9.21. The van der Waals surface area contributed by atoms with Crippen LogP contribution in [0.25, 0.3) is 21.7 Å². The molecule has 0 radical (unpaired) electrons. The fourth-order valence-electron chi connectivity index (χ4n) is 4.30.